The van der Waals surface area contributed by atoms with E-state index in [0.717, 1.165) is 44.6 Å². The van der Waals surface area contributed by atoms with Crippen molar-refractivity contribution in [2.45, 2.75) is 31.9 Å². The van der Waals surface area contributed by atoms with Gasteiger partial charge < -0.3 is 19.7 Å². The van der Waals surface area contributed by atoms with Crippen molar-refractivity contribution in [1.82, 2.24) is 5.32 Å². The van der Waals surface area contributed by atoms with E-state index in [-0.39, 0.29) is 11.9 Å². The molecule has 2 saturated heterocycles. The summed E-state index contributed by atoms with van der Waals surface area (Å²) in [6, 6.07) is 5.68. The van der Waals surface area contributed by atoms with Crippen LogP contribution in [0.1, 0.15) is 31.4 Å². The molecule has 0 unspecified atom stereocenters. The maximum atomic E-state index is 14.4. The van der Waals surface area contributed by atoms with Crippen molar-refractivity contribution >= 4 is 5.69 Å². The molecule has 2 heterocycles. The number of hydrogen-bond acceptors (Lipinski definition) is 4. The van der Waals surface area contributed by atoms with E-state index in [4.69, 9.17) is 9.47 Å². The van der Waals surface area contributed by atoms with Crippen LogP contribution in [-0.2, 0) is 9.47 Å². The maximum Gasteiger partial charge on any atom is 0.146 e. The van der Waals surface area contributed by atoms with Gasteiger partial charge in [-0.3, -0.25) is 0 Å². The molecule has 0 saturated carbocycles. The normalized spacial score (nSPS) is 23.7. The fraction of sp³-hybridized carbons (Fsp3) is 0.647. The summed E-state index contributed by atoms with van der Waals surface area (Å²) < 4.78 is 25.3. The topological polar surface area (TPSA) is 33.7 Å². The fourth-order valence-corrected chi connectivity index (χ4v) is 3.08. The average Bonchev–Trinajstić information content (AvgIpc) is 3.07. The summed E-state index contributed by atoms with van der Waals surface area (Å²) in [6.07, 6.45) is 2.56. The van der Waals surface area contributed by atoms with Gasteiger partial charge in [0.05, 0.1) is 25.0 Å². The van der Waals surface area contributed by atoms with Gasteiger partial charge in [0, 0.05) is 32.3 Å². The molecule has 1 aromatic carbocycles. The Hall–Kier alpha value is -1.17. The molecule has 122 valence electrons. The van der Waals surface area contributed by atoms with Gasteiger partial charge in [0.2, 0.25) is 0 Å². The second kappa shape index (κ2) is 7.40. The van der Waals surface area contributed by atoms with E-state index in [2.05, 4.69) is 12.2 Å². The van der Waals surface area contributed by atoms with Crippen molar-refractivity contribution < 1.29 is 13.9 Å². The van der Waals surface area contributed by atoms with E-state index in [0.29, 0.717) is 25.0 Å². The fourth-order valence-electron chi connectivity index (χ4n) is 3.08. The van der Waals surface area contributed by atoms with Crippen LogP contribution in [0.15, 0.2) is 18.2 Å². The van der Waals surface area contributed by atoms with E-state index in [1.807, 2.05) is 17.0 Å². The molecule has 1 aromatic rings. The van der Waals surface area contributed by atoms with Crippen molar-refractivity contribution in [3.05, 3.63) is 29.6 Å². The van der Waals surface area contributed by atoms with E-state index < -0.39 is 0 Å². The largest absolute Gasteiger partial charge is 0.378 e. The highest BCUT2D eigenvalue weighted by atomic mass is 19.1. The molecule has 1 N–H and O–H groups in total. The molecule has 0 aromatic heterocycles. The monoisotopic (exact) mass is 308 g/mol. The van der Waals surface area contributed by atoms with Crippen LogP contribution in [-0.4, -0.2) is 45.6 Å². The Balaban J connectivity index is 1.60. The SMILES string of the molecule is C[C@@H](NC[C@H]1CCCO1)c1ccc(N2CCOCC2)c(F)c1. The zero-order valence-corrected chi connectivity index (χ0v) is 13.2. The first-order chi connectivity index (χ1) is 10.7. The average molecular weight is 308 g/mol. The molecule has 0 bridgehead atoms. The standard InChI is InChI=1S/C17H25FN2O2/c1-13(19-12-15-3-2-8-22-15)14-4-5-17(16(18)11-14)20-6-9-21-10-7-20/h4-5,11,13,15,19H,2-3,6-10,12H2,1H3/t13-,15-/m1/s1. The van der Waals surface area contributed by atoms with Crippen molar-refractivity contribution in [2.75, 3.05) is 44.4 Å². The van der Waals surface area contributed by atoms with Gasteiger partial charge in [-0.15, -0.1) is 0 Å². The highest BCUT2D eigenvalue weighted by molar-refractivity contribution is 5.49. The number of morpholine rings is 1. The Kier molecular flexibility index (Phi) is 5.28. The van der Waals surface area contributed by atoms with E-state index in [1.165, 1.54) is 0 Å². The Morgan fingerprint density at radius 3 is 2.82 bits per heavy atom. The minimum atomic E-state index is -0.148. The number of nitrogens with one attached hydrogen (secondary N) is 1. The summed E-state index contributed by atoms with van der Waals surface area (Å²) in [5.41, 5.74) is 1.66. The second-order valence-electron chi connectivity index (χ2n) is 6.08. The van der Waals surface area contributed by atoms with Gasteiger partial charge in [0.15, 0.2) is 0 Å². The number of halogens is 1. The summed E-state index contributed by atoms with van der Waals surface area (Å²) in [6.45, 7) is 6.60. The molecule has 4 nitrogen and oxygen atoms in total. The molecule has 3 rings (SSSR count). The molecule has 0 amide bonds. The van der Waals surface area contributed by atoms with Crippen molar-refractivity contribution in [3.8, 4) is 0 Å². The third-order valence-corrected chi connectivity index (χ3v) is 4.50. The molecule has 22 heavy (non-hydrogen) atoms. The highest BCUT2D eigenvalue weighted by Gasteiger charge is 2.18. The summed E-state index contributed by atoms with van der Waals surface area (Å²) in [7, 11) is 0. The minimum Gasteiger partial charge on any atom is -0.378 e. The molecular weight excluding hydrogens is 283 g/mol. The molecule has 2 atom stereocenters. The quantitative estimate of drug-likeness (QED) is 0.906. The van der Waals surface area contributed by atoms with E-state index >= 15 is 0 Å². The van der Waals surface area contributed by atoms with E-state index in [9.17, 15) is 4.39 Å². The van der Waals surface area contributed by atoms with Crippen molar-refractivity contribution in [1.29, 1.82) is 0 Å². The zero-order valence-electron chi connectivity index (χ0n) is 13.2. The summed E-state index contributed by atoms with van der Waals surface area (Å²) in [4.78, 5) is 2.05. The van der Waals surface area contributed by atoms with Crippen LogP contribution in [0.2, 0.25) is 0 Å². The van der Waals surface area contributed by atoms with Gasteiger partial charge in [0.25, 0.3) is 0 Å². The van der Waals surface area contributed by atoms with Crippen LogP contribution in [0, 0.1) is 5.82 Å². The first-order valence-electron chi connectivity index (χ1n) is 8.21. The zero-order chi connectivity index (χ0) is 15.4. The molecule has 2 aliphatic heterocycles. The number of rotatable bonds is 5. The number of hydrogen-bond donors (Lipinski definition) is 1. The Labute approximate surface area is 131 Å². The van der Waals surface area contributed by atoms with E-state index in [1.54, 1.807) is 6.07 Å². The predicted octanol–water partition coefficient (Wildman–Crippen LogP) is 2.49. The molecule has 0 spiro atoms. The van der Waals surface area contributed by atoms with Gasteiger partial charge >= 0.3 is 0 Å². The minimum absolute atomic E-state index is 0.123. The lowest BCUT2D eigenvalue weighted by atomic mass is 10.1. The van der Waals surface area contributed by atoms with Gasteiger partial charge in [-0.1, -0.05) is 6.07 Å². The van der Waals surface area contributed by atoms with Crippen LogP contribution in [0.3, 0.4) is 0 Å². The Morgan fingerprint density at radius 1 is 1.32 bits per heavy atom. The number of benzene rings is 1. The maximum absolute atomic E-state index is 14.4. The molecule has 5 heteroatoms. The van der Waals surface area contributed by atoms with Crippen LogP contribution in [0.25, 0.3) is 0 Å². The first kappa shape index (κ1) is 15.7. The predicted molar refractivity (Wildman–Crippen MR) is 84.8 cm³/mol. The molecule has 2 aliphatic rings. The summed E-state index contributed by atoms with van der Waals surface area (Å²) >= 11 is 0. The van der Waals surface area contributed by atoms with Gasteiger partial charge in [-0.2, -0.15) is 0 Å². The molecule has 0 radical (unpaired) electrons. The lowest BCUT2D eigenvalue weighted by Crippen LogP contribution is -2.36. The molecular formula is C17H25FN2O2. The second-order valence-corrected chi connectivity index (χ2v) is 6.08. The van der Waals surface area contributed by atoms with Crippen LogP contribution >= 0.6 is 0 Å². The van der Waals surface area contributed by atoms with Gasteiger partial charge in [0.1, 0.15) is 5.82 Å². The van der Waals surface area contributed by atoms with Gasteiger partial charge in [-0.25, -0.2) is 4.39 Å². The van der Waals surface area contributed by atoms with Crippen molar-refractivity contribution in [2.24, 2.45) is 0 Å². The van der Waals surface area contributed by atoms with Crippen LogP contribution in [0.5, 0.6) is 0 Å². The van der Waals surface area contributed by atoms with Gasteiger partial charge in [-0.05, 0) is 37.5 Å². The molecule has 2 fully saturated rings. The third kappa shape index (κ3) is 3.77. The summed E-state index contributed by atoms with van der Waals surface area (Å²) in [5.74, 6) is -0.148. The lowest BCUT2D eigenvalue weighted by molar-refractivity contribution is 0.108. The third-order valence-electron chi connectivity index (χ3n) is 4.50. The Bertz CT molecular complexity index is 486. The van der Waals surface area contributed by atoms with Crippen molar-refractivity contribution in [3.63, 3.8) is 0 Å². The van der Waals surface area contributed by atoms with Crippen LogP contribution in [0.4, 0.5) is 10.1 Å². The first-order valence-corrected chi connectivity index (χ1v) is 8.21. The van der Waals surface area contributed by atoms with Crippen LogP contribution < -0.4 is 10.2 Å². The smallest absolute Gasteiger partial charge is 0.146 e. The summed E-state index contributed by atoms with van der Waals surface area (Å²) in [5, 5.41) is 3.44. The lowest BCUT2D eigenvalue weighted by Gasteiger charge is -2.29. The number of anilines is 1. The highest BCUT2D eigenvalue weighted by Crippen LogP contribution is 2.24. The number of nitrogens with zero attached hydrogens (tertiary/aromatic N) is 1. The number of ether oxygens (including phenoxy) is 2. The Morgan fingerprint density at radius 2 is 2.14 bits per heavy atom. The molecule has 0 aliphatic carbocycles.